The first kappa shape index (κ1) is 25.3. The van der Waals surface area contributed by atoms with Gasteiger partial charge < -0.3 is 19.3 Å². The Bertz CT molecular complexity index is 652. The van der Waals surface area contributed by atoms with Crippen LogP contribution in [0, 0.1) is 11.8 Å². The van der Waals surface area contributed by atoms with Crippen molar-refractivity contribution in [2.75, 3.05) is 20.2 Å². The first-order valence-corrected chi connectivity index (χ1v) is 12.2. The molecule has 6 unspecified atom stereocenters. The summed E-state index contributed by atoms with van der Waals surface area (Å²) in [4.78, 5) is 29.8. The molecule has 1 saturated heterocycles. The minimum absolute atomic E-state index is 0.0403. The Hall–Kier alpha value is -1.28. The molecule has 0 N–H and O–H groups in total. The molecule has 3 rings (SSSR count). The van der Waals surface area contributed by atoms with Crippen LogP contribution in [0.4, 0.5) is 8.78 Å². The third-order valence-corrected chi connectivity index (χ3v) is 7.37. The van der Waals surface area contributed by atoms with Crippen molar-refractivity contribution in [1.29, 1.82) is 0 Å². The maximum absolute atomic E-state index is 14.9. The van der Waals surface area contributed by atoms with Gasteiger partial charge in [-0.25, -0.2) is 8.78 Å². The first-order valence-electron chi connectivity index (χ1n) is 12.2. The van der Waals surface area contributed by atoms with Gasteiger partial charge in [-0.15, -0.1) is 0 Å². The molecule has 8 heteroatoms. The van der Waals surface area contributed by atoms with E-state index >= 15 is 0 Å². The number of halogens is 2. The molecule has 184 valence electrons. The molecule has 32 heavy (non-hydrogen) atoms. The number of piperazine rings is 1. The van der Waals surface area contributed by atoms with Gasteiger partial charge in [-0.3, -0.25) is 9.59 Å². The highest BCUT2D eigenvalue weighted by molar-refractivity contribution is 5.82. The average molecular weight is 459 g/mol. The van der Waals surface area contributed by atoms with Crippen molar-refractivity contribution >= 4 is 11.8 Å². The second-order valence-electron chi connectivity index (χ2n) is 10.2. The number of nitrogens with zero attached hydrogens (tertiary/aromatic N) is 2. The fourth-order valence-electron chi connectivity index (χ4n) is 5.80. The van der Waals surface area contributed by atoms with Gasteiger partial charge in [-0.05, 0) is 53.4 Å². The van der Waals surface area contributed by atoms with Gasteiger partial charge in [0, 0.05) is 45.1 Å². The molecule has 8 atom stereocenters. The van der Waals surface area contributed by atoms with Crippen molar-refractivity contribution in [3.8, 4) is 0 Å². The zero-order valence-electron chi connectivity index (χ0n) is 20.1. The highest BCUT2D eigenvalue weighted by Gasteiger charge is 2.44. The number of hydrogen-bond donors (Lipinski definition) is 0. The van der Waals surface area contributed by atoms with Crippen LogP contribution in [0.1, 0.15) is 66.2 Å². The van der Waals surface area contributed by atoms with Crippen LogP contribution in [0.2, 0.25) is 0 Å². The Morgan fingerprint density at radius 1 is 0.844 bits per heavy atom. The number of alkyl halides is 2. The highest BCUT2D eigenvalue weighted by atomic mass is 19.1. The SMILES string of the molecule is COC1CCC(C(=O)N2C[C@@H](C)N(C(=O)C3CCC(OC(C)C)CC3F)[C@H](C)C2)C(F)C1. The Labute approximate surface area is 191 Å². The van der Waals surface area contributed by atoms with Crippen LogP contribution >= 0.6 is 0 Å². The van der Waals surface area contributed by atoms with E-state index in [0.717, 1.165) is 0 Å². The summed E-state index contributed by atoms with van der Waals surface area (Å²) in [6.45, 7) is 8.36. The van der Waals surface area contributed by atoms with Gasteiger partial charge in [-0.2, -0.15) is 0 Å². The number of ether oxygens (including phenoxy) is 2. The van der Waals surface area contributed by atoms with E-state index in [1.165, 1.54) is 0 Å². The van der Waals surface area contributed by atoms with Crippen molar-refractivity contribution < 1.29 is 27.8 Å². The second kappa shape index (κ2) is 10.8. The van der Waals surface area contributed by atoms with E-state index in [2.05, 4.69) is 0 Å². The minimum atomic E-state index is -1.22. The van der Waals surface area contributed by atoms with Gasteiger partial charge in [0.15, 0.2) is 0 Å². The van der Waals surface area contributed by atoms with Crippen LogP contribution < -0.4 is 0 Å². The maximum Gasteiger partial charge on any atom is 0.229 e. The molecule has 0 aromatic carbocycles. The van der Waals surface area contributed by atoms with Crippen LogP contribution in [0.5, 0.6) is 0 Å². The second-order valence-corrected chi connectivity index (χ2v) is 10.2. The minimum Gasteiger partial charge on any atom is -0.381 e. The number of methoxy groups -OCH3 is 1. The Balaban J connectivity index is 1.59. The smallest absolute Gasteiger partial charge is 0.229 e. The van der Waals surface area contributed by atoms with E-state index in [9.17, 15) is 18.4 Å². The largest absolute Gasteiger partial charge is 0.381 e. The Morgan fingerprint density at radius 2 is 1.34 bits per heavy atom. The van der Waals surface area contributed by atoms with E-state index in [1.54, 1.807) is 16.9 Å². The lowest BCUT2D eigenvalue weighted by Crippen LogP contribution is -2.62. The van der Waals surface area contributed by atoms with Crippen molar-refractivity contribution in [3.05, 3.63) is 0 Å². The molecule has 6 nitrogen and oxygen atoms in total. The number of carbonyl (C=O) groups is 2. The van der Waals surface area contributed by atoms with E-state index in [4.69, 9.17) is 9.47 Å². The zero-order chi connectivity index (χ0) is 23.6. The summed E-state index contributed by atoms with van der Waals surface area (Å²) in [6.07, 6.45) is 0.152. The van der Waals surface area contributed by atoms with E-state index < -0.39 is 24.2 Å². The first-order chi connectivity index (χ1) is 15.1. The van der Waals surface area contributed by atoms with Gasteiger partial charge in [0.25, 0.3) is 0 Å². The number of hydrogen-bond acceptors (Lipinski definition) is 4. The normalized spacial score (nSPS) is 38.8. The van der Waals surface area contributed by atoms with Gasteiger partial charge >= 0.3 is 0 Å². The number of carbonyl (C=O) groups excluding carboxylic acids is 2. The zero-order valence-corrected chi connectivity index (χ0v) is 20.1. The fourth-order valence-corrected chi connectivity index (χ4v) is 5.80. The topological polar surface area (TPSA) is 59.1 Å². The molecular formula is C24H40F2N2O4. The molecule has 3 fully saturated rings. The van der Waals surface area contributed by atoms with Crippen LogP contribution in [0.15, 0.2) is 0 Å². The predicted octanol–water partition coefficient (Wildman–Crippen LogP) is 3.52. The quantitative estimate of drug-likeness (QED) is 0.633. The van der Waals surface area contributed by atoms with Gasteiger partial charge in [0.05, 0.1) is 30.1 Å². The monoisotopic (exact) mass is 458 g/mol. The third kappa shape index (κ3) is 5.61. The summed E-state index contributed by atoms with van der Waals surface area (Å²) in [5.41, 5.74) is 0. The summed E-state index contributed by atoms with van der Waals surface area (Å²) in [5, 5.41) is 0. The van der Waals surface area contributed by atoms with Crippen LogP contribution in [0.25, 0.3) is 0 Å². The fraction of sp³-hybridized carbons (Fsp3) is 0.917. The summed E-state index contributed by atoms with van der Waals surface area (Å²) in [5.74, 6) is -1.65. The van der Waals surface area contributed by atoms with E-state index in [0.29, 0.717) is 38.8 Å². The standard InChI is InChI=1S/C24H40F2N2O4/c1-14(2)32-18-7-9-20(22(26)11-18)24(30)28-15(3)12-27(13-16(28)4)23(29)19-8-6-17(31-5)10-21(19)25/h14-22H,6-13H2,1-5H3/t15-,16-,17?,18?,19?,20?,21?,22?/m1/s1. The highest BCUT2D eigenvalue weighted by Crippen LogP contribution is 2.34. The Morgan fingerprint density at radius 3 is 1.84 bits per heavy atom. The molecule has 2 amide bonds. The molecular weight excluding hydrogens is 418 g/mol. The van der Waals surface area contributed by atoms with Gasteiger partial charge in [-0.1, -0.05) is 0 Å². The lowest BCUT2D eigenvalue weighted by atomic mass is 9.83. The van der Waals surface area contributed by atoms with Crippen LogP contribution in [-0.4, -0.2) is 84.6 Å². The van der Waals surface area contributed by atoms with Crippen LogP contribution in [0.3, 0.4) is 0 Å². The summed E-state index contributed by atoms with van der Waals surface area (Å²) >= 11 is 0. The molecule has 0 radical (unpaired) electrons. The molecule has 0 aromatic heterocycles. The number of rotatable bonds is 5. The molecule has 1 heterocycles. The summed E-state index contributed by atoms with van der Waals surface area (Å²) in [6, 6.07) is -0.471. The average Bonchev–Trinajstić information content (AvgIpc) is 2.72. The van der Waals surface area contributed by atoms with Crippen molar-refractivity contribution in [1.82, 2.24) is 9.80 Å². The van der Waals surface area contributed by atoms with Gasteiger partial charge in [0.1, 0.15) is 12.3 Å². The predicted molar refractivity (Wildman–Crippen MR) is 118 cm³/mol. The van der Waals surface area contributed by atoms with E-state index in [-0.39, 0.29) is 55.1 Å². The van der Waals surface area contributed by atoms with E-state index in [1.807, 2.05) is 27.7 Å². The van der Waals surface area contributed by atoms with Crippen molar-refractivity contribution in [2.45, 2.75) is 109 Å². The van der Waals surface area contributed by atoms with Crippen molar-refractivity contribution in [2.24, 2.45) is 11.8 Å². The number of amides is 2. The summed E-state index contributed by atoms with van der Waals surface area (Å²) in [7, 11) is 1.57. The molecule has 2 aliphatic carbocycles. The Kier molecular flexibility index (Phi) is 8.53. The third-order valence-electron chi connectivity index (χ3n) is 7.37. The molecule has 0 spiro atoms. The molecule has 1 aliphatic heterocycles. The molecule has 0 aromatic rings. The van der Waals surface area contributed by atoms with Crippen molar-refractivity contribution in [3.63, 3.8) is 0 Å². The van der Waals surface area contributed by atoms with Gasteiger partial charge in [0.2, 0.25) is 11.8 Å². The van der Waals surface area contributed by atoms with Crippen LogP contribution in [-0.2, 0) is 19.1 Å². The molecule has 3 aliphatic rings. The summed E-state index contributed by atoms with van der Waals surface area (Å²) < 4.78 is 40.6. The molecule has 0 bridgehead atoms. The molecule has 2 saturated carbocycles. The maximum atomic E-state index is 14.9. The lowest BCUT2D eigenvalue weighted by Gasteiger charge is -2.47. The lowest BCUT2D eigenvalue weighted by molar-refractivity contribution is -0.156.